The second kappa shape index (κ2) is 3.90. The van der Waals surface area contributed by atoms with Crippen molar-refractivity contribution in [3.63, 3.8) is 0 Å². The van der Waals surface area contributed by atoms with E-state index in [0.29, 0.717) is 6.54 Å². The minimum Gasteiger partial charge on any atom is -0.444 e. The van der Waals surface area contributed by atoms with Crippen molar-refractivity contribution in [1.29, 1.82) is 0 Å². The standard InChI is InChI=1S/C12H20FNO2/c1-12(2,3)16-11(15)14-7-5-4-6-8-9(13)10(8)14/h8-10H,4-7H2,1-3H3/t8-,9+,10-/m0/s1. The SMILES string of the molecule is CC(C)(C)OC(=O)N1CCCC[C@H]2[C@@H](F)[C@H]21. The number of carbonyl (C=O) groups is 1. The summed E-state index contributed by atoms with van der Waals surface area (Å²) in [4.78, 5) is 13.5. The van der Waals surface area contributed by atoms with Crippen LogP contribution < -0.4 is 0 Å². The lowest BCUT2D eigenvalue weighted by Crippen LogP contribution is -2.39. The van der Waals surface area contributed by atoms with Crippen LogP contribution >= 0.6 is 0 Å². The quantitative estimate of drug-likeness (QED) is 0.639. The summed E-state index contributed by atoms with van der Waals surface area (Å²) >= 11 is 0. The molecule has 0 unspecified atom stereocenters. The highest BCUT2D eigenvalue weighted by Crippen LogP contribution is 2.45. The van der Waals surface area contributed by atoms with E-state index in [-0.39, 0.29) is 18.1 Å². The van der Waals surface area contributed by atoms with Crippen LogP contribution in [0.25, 0.3) is 0 Å². The lowest BCUT2D eigenvalue weighted by molar-refractivity contribution is 0.0217. The molecule has 0 radical (unpaired) electrons. The van der Waals surface area contributed by atoms with Gasteiger partial charge in [0.05, 0.1) is 6.04 Å². The summed E-state index contributed by atoms with van der Waals surface area (Å²) in [5.41, 5.74) is -0.500. The summed E-state index contributed by atoms with van der Waals surface area (Å²) in [5, 5.41) is 0. The normalized spacial score (nSPS) is 34.0. The predicted octanol–water partition coefficient (Wildman–Crippen LogP) is 2.74. The minimum absolute atomic E-state index is 0.0648. The molecule has 1 aliphatic heterocycles. The summed E-state index contributed by atoms with van der Waals surface area (Å²) < 4.78 is 18.8. The van der Waals surface area contributed by atoms with E-state index in [1.54, 1.807) is 4.90 Å². The van der Waals surface area contributed by atoms with Crippen LogP contribution in [-0.2, 0) is 4.74 Å². The van der Waals surface area contributed by atoms with Gasteiger partial charge in [0, 0.05) is 12.5 Å². The molecule has 1 amide bonds. The highest BCUT2D eigenvalue weighted by molar-refractivity contribution is 5.69. The first kappa shape index (κ1) is 11.7. The third kappa shape index (κ3) is 2.30. The molecule has 0 aromatic rings. The average molecular weight is 229 g/mol. The number of hydrogen-bond donors (Lipinski definition) is 0. The molecule has 1 saturated heterocycles. The Balaban J connectivity index is 1.99. The Kier molecular flexibility index (Phi) is 2.84. The van der Waals surface area contributed by atoms with Gasteiger partial charge >= 0.3 is 6.09 Å². The zero-order valence-electron chi connectivity index (χ0n) is 10.2. The van der Waals surface area contributed by atoms with Gasteiger partial charge in [0.25, 0.3) is 0 Å². The van der Waals surface area contributed by atoms with Crippen molar-refractivity contribution in [2.75, 3.05) is 6.54 Å². The van der Waals surface area contributed by atoms with Crippen molar-refractivity contribution >= 4 is 6.09 Å². The van der Waals surface area contributed by atoms with E-state index in [9.17, 15) is 9.18 Å². The summed E-state index contributed by atoms with van der Waals surface area (Å²) in [5.74, 6) is 0.0648. The van der Waals surface area contributed by atoms with Crippen LogP contribution in [0, 0.1) is 5.92 Å². The lowest BCUT2D eigenvalue weighted by Gasteiger charge is -2.26. The molecule has 0 N–H and O–H groups in total. The molecule has 1 aliphatic carbocycles. The molecule has 0 bridgehead atoms. The van der Waals surface area contributed by atoms with Gasteiger partial charge in [-0.2, -0.15) is 0 Å². The molecule has 4 heteroatoms. The number of hydrogen-bond acceptors (Lipinski definition) is 2. The zero-order chi connectivity index (χ0) is 11.9. The third-order valence-electron chi connectivity index (χ3n) is 3.21. The monoisotopic (exact) mass is 229 g/mol. The molecule has 16 heavy (non-hydrogen) atoms. The number of nitrogens with zero attached hydrogens (tertiary/aromatic N) is 1. The highest BCUT2D eigenvalue weighted by Gasteiger charge is 2.56. The van der Waals surface area contributed by atoms with E-state index in [0.717, 1.165) is 19.3 Å². The van der Waals surface area contributed by atoms with Crippen molar-refractivity contribution in [1.82, 2.24) is 4.90 Å². The van der Waals surface area contributed by atoms with Crippen LogP contribution in [-0.4, -0.2) is 35.4 Å². The number of fused-ring (bicyclic) bond motifs is 1. The maximum absolute atomic E-state index is 13.5. The van der Waals surface area contributed by atoms with Gasteiger partial charge in [-0.3, -0.25) is 0 Å². The van der Waals surface area contributed by atoms with E-state index < -0.39 is 11.8 Å². The molecule has 1 heterocycles. The maximum atomic E-state index is 13.5. The van der Waals surface area contributed by atoms with Gasteiger partial charge in [-0.25, -0.2) is 9.18 Å². The fourth-order valence-electron chi connectivity index (χ4n) is 2.39. The molecule has 3 atom stereocenters. The van der Waals surface area contributed by atoms with E-state index in [4.69, 9.17) is 4.74 Å². The predicted molar refractivity (Wildman–Crippen MR) is 59.0 cm³/mol. The number of likely N-dealkylation sites (tertiary alicyclic amines) is 1. The molecule has 92 valence electrons. The van der Waals surface area contributed by atoms with Gasteiger partial charge in [0.1, 0.15) is 11.8 Å². The third-order valence-corrected chi connectivity index (χ3v) is 3.21. The summed E-state index contributed by atoms with van der Waals surface area (Å²) in [6, 6.07) is -0.211. The minimum atomic E-state index is -0.826. The number of ether oxygens (including phenoxy) is 1. The van der Waals surface area contributed by atoms with Crippen LogP contribution in [0.2, 0.25) is 0 Å². The molecule has 0 aromatic carbocycles. The van der Waals surface area contributed by atoms with Crippen molar-refractivity contribution < 1.29 is 13.9 Å². The fourth-order valence-corrected chi connectivity index (χ4v) is 2.39. The van der Waals surface area contributed by atoms with Crippen LogP contribution in [0.15, 0.2) is 0 Å². The Labute approximate surface area is 95.9 Å². The number of rotatable bonds is 0. The highest BCUT2D eigenvalue weighted by atomic mass is 19.1. The molecule has 0 spiro atoms. The topological polar surface area (TPSA) is 29.5 Å². The molecule has 2 fully saturated rings. The van der Waals surface area contributed by atoms with Crippen LogP contribution in [0.3, 0.4) is 0 Å². The first-order chi connectivity index (χ1) is 7.40. The Bertz CT molecular complexity index is 287. The van der Waals surface area contributed by atoms with E-state index in [1.807, 2.05) is 20.8 Å². The van der Waals surface area contributed by atoms with E-state index in [2.05, 4.69) is 0 Å². The second-order valence-electron chi connectivity index (χ2n) is 5.77. The molecule has 1 saturated carbocycles. The van der Waals surface area contributed by atoms with Gasteiger partial charge < -0.3 is 9.64 Å². The molecule has 0 aromatic heterocycles. The molecular weight excluding hydrogens is 209 g/mol. The first-order valence-electron chi connectivity index (χ1n) is 6.04. The Morgan fingerprint density at radius 3 is 2.69 bits per heavy atom. The summed E-state index contributed by atoms with van der Waals surface area (Å²) in [7, 11) is 0. The number of amides is 1. The summed E-state index contributed by atoms with van der Waals surface area (Å²) in [6.45, 7) is 6.14. The van der Waals surface area contributed by atoms with Gasteiger partial charge in [-0.1, -0.05) is 6.42 Å². The number of halogens is 1. The molecule has 2 rings (SSSR count). The zero-order valence-corrected chi connectivity index (χ0v) is 10.2. The molecule has 3 nitrogen and oxygen atoms in total. The van der Waals surface area contributed by atoms with Crippen LogP contribution in [0.4, 0.5) is 9.18 Å². The molecular formula is C12H20FNO2. The van der Waals surface area contributed by atoms with Gasteiger partial charge in [-0.05, 0) is 33.6 Å². The Morgan fingerprint density at radius 2 is 2.06 bits per heavy atom. The van der Waals surface area contributed by atoms with Gasteiger partial charge in [0.2, 0.25) is 0 Å². The van der Waals surface area contributed by atoms with Crippen molar-refractivity contribution in [3.8, 4) is 0 Å². The smallest absolute Gasteiger partial charge is 0.410 e. The lowest BCUT2D eigenvalue weighted by atomic mass is 10.2. The average Bonchev–Trinajstić information content (AvgIpc) is 2.79. The fraction of sp³-hybridized carbons (Fsp3) is 0.917. The van der Waals surface area contributed by atoms with Crippen molar-refractivity contribution in [3.05, 3.63) is 0 Å². The van der Waals surface area contributed by atoms with E-state index >= 15 is 0 Å². The molecule has 2 aliphatic rings. The number of alkyl halides is 1. The maximum Gasteiger partial charge on any atom is 0.410 e. The Hall–Kier alpha value is -0.800. The van der Waals surface area contributed by atoms with E-state index in [1.165, 1.54) is 0 Å². The Morgan fingerprint density at radius 1 is 1.38 bits per heavy atom. The van der Waals surface area contributed by atoms with Gasteiger partial charge in [-0.15, -0.1) is 0 Å². The van der Waals surface area contributed by atoms with Gasteiger partial charge in [0.15, 0.2) is 0 Å². The van der Waals surface area contributed by atoms with Crippen molar-refractivity contribution in [2.24, 2.45) is 5.92 Å². The second-order valence-corrected chi connectivity index (χ2v) is 5.77. The van der Waals surface area contributed by atoms with Crippen LogP contribution in [0.1, 0.15) is 40.0 Å². The van der Waals surface area contributed by atoms with Crippen LogP contribution in [0.5, 0.6) is 0 Å². The van der Waals surface area contributed by atoms with Crippen molar-refractivity contribution in [2.45, 2.75) is 57.8 Å². The number of carbonyl (C=O) groups excluding carboxylic acids is 1. The largest absolute Gasteiger partial charge is 0.444 e. The first-order valence-corrected chi connectivity index (χ1v) is 6.04. The summed E-state index contributed by atoms with van der Waals surface area (Å²) in [6.07, 6.45) is 1.70.